The van der Waals surface area contributed by atoms with Gasteiger partial charge in [-0.15, -0.1) is 0 Å². The molecule has 0 radical (unpaired) electrons. The van der Waals surface area contributed by atoms with Crippen LogP contribution in [0.2, 0.25) is 0 Å². The molecule has 1 rings (SSSR count). The number of hydrogen-bond donors (Lipinski definition) is 3. The van der Waals surface area contributed by atoms with E-state index in [0.717, 1.165) is 5.69 Å². The van der Waals surface area contributed by atoms with Crippen molar-refractivity contribution in [1.82, 2.24) is 4.98 Å². The van der Waals surface area contributed by atoms with Gasteiger partial charge >= 0.3 is 0 Å². The highest BCUT2D eigenvalue weighted by atomic mass is 16.5. The van der Waals surface area contributed by atoms with E-state index < -0.39 is 6.10 Å². The van der Waals surface area contributed by atoms with Gasteiger partial charge in [-0.3, -0.25) is 0 Å². The van der Waals surface area contributed by atoms with Crippen LogP contribution < -0.4 is 10.6 Å². The summed E-state index contributed by atoms with van der Waals surface area (Å²) in [4.78, 5) is 6.10. The molecular formula is C12H20N4O3. The van der Waals surface area contributed by atoms with Gasteiger partial charge in [0.25, 0.3) is 0 Å². The quantitative estimate of drug-likeness (QED) is 0.289. The van der Waals surface area contributed by atoms with E-state index in [-0.39, 0.29) is 12.4 Å². The molecule has 0 saturated carbocycles. The number of aromatic nitrogens is 1. The van der Waals surface area contributed by atoms with Crippen molar-refractivity contribution in [2.75, 3.05) is 32.2 Å². The molecule has 0 aliphatic heterocycles. The third-order valence-corrected chi connectivity index (χ3v) is 2.60. The summed E-state index contributed by atoms with van der Waals surface area (Å²) in [6.45, 7) is 2.41. The van der Waals surface area contributed by atoms with Crippen molar-refractivity contribution in [1.29, 1.82) is 0 Å². The van der Waals surface area contributed by atoms with E-state index >= 15 is 0 Å². The lowest BCUT2D eigenvalue weighted by Crippen LogP contribution is -2.34. The highest BCUT2D eigenvalue weighted by Gasteiger charge is 2.16. The molecule has 7 nitrogen and oxygen atoms in total. The third-order valence-electron chi connectivity index (χ3n) is 2.60. The smallest absolute Gasteiger partial charge is 0.173 e. The van der Waals surface area contributed by atoms with E-state index in [4.69, 9.17) is 15.7 Å². The fourth-order valence-corrected chi connectivity index (χ4v) is 1.74. The first-order valence-corrected chi connectivity index (χ1v) is 5.83. The lowest BCUT2D eigenvalue weighted by molar-refractivity contribution is 0.0694. The summed E-state index contributed by atoms with van der Waals surface area (Å²) >= 11 is 0. The molecule has 0 bridgehead atoms. The van der Waals surface area contributed by atoms with Crippen molar-refractivity contribution in [3.8, 4) is 0 Å². The van der Waals surface area contributed by atoms with Crippen molar-refractivity contribution < 1.29 is 15.1 Å². The minimum absolute atomic E-state index is 0.0180. The molecule has 19 heavy (non-hydrogen) atoms. The van der Waals surface area contributed by atoms with Gasteiger partial charge in [0.15, 0.2) is 5.84 Å². The molecule has 106 valence electrons. The SMILES string of the molecule is COCC(O)CN(C)c1nc(C)ccc1C(N)=NO. The van der Waals surface area contributed by atoms with Crippen LogP contribution in [0, 0.1) is 6.92 Å². The number of aryl methyl sites for hydroxylation is 1. The van der Waals surface area contributed by atoms with Crippen molar-refractivity contribution in [2.45, 2.75) is 13.0 Å². The van der Waals surface area contributed by atoms with Crippen molar-refractivity contribution in [3.05, 3.63) is 23.4 Å². The molecule has 1 aromatic rings. The number of methoxy groups -OCH3 is 1. The molecule has 1 unspecified atom stereocenters. The minimum atomic E-state index is -0.641. The topological polar surface area (TPSA) is 104 Å². The largest absolute Gasteiger partial charge is 0.409 e. The summed E-state index contributed by atoms with van der Waals surface area (Å²) < 4.78 is 4.88. The Balaban J connectivity index is 3.00. The van der Waals surface area contributed by atoms with Crippen LogP contribution in [0.4, 0.5) is 5.82 Å². The van der Waals surface area contributed by atoms with Crippen molar-refractivity contribution in [3.63, 3.8) is 0 Å². The van der Waals surface area contributed by atoms with Gasteiger partial charge in [0, 0.05) is 26.4 Å². The number of hydrogen-bond acceptors (Lipinski definition) is 6. The molecule has 1 heterocycles. The normalized spacial score (nSPS) is 13.4. The lowest BCUT2D eigenvalue weighted by Gasteiger charge is -2.23. The molecule has 1 atom stereocenters. The lowest BCUT2D eigenvalue weighted by atomic mass is 10.2. The highest BCUT2D eigenvalue weighted by molar-refractivity contribution is 6.01. The van der Waals surface area contributed by atoms with Gasteiger partial charge in [-0.25, -0.2) is 4.98 Å². The number of likely N-dealkylation sites (N-methyl/N-ethyl adjacent to an activating group) is 1. The Morgan fingerprint density at radius 3 is 2.84 bits per heavy atom. The number of nitrogens with zero attached hydrogens (tertiary/aromatic N) is 3. The number of aliphatic hydroxyl groups is 1. The number of amidine groups is 1. The van der Waals surface area contributed by atoms with E-state index in [1.54, 1.807) is 24.1 Å². The maximum Gasteiger partial charge on any atom is 0.173 e. The highest BCUT2D eigenvalue weighted by Crippen LogP contribution is 2.17. The first-order chi connectivity index (χ1) is 8.99. The second-order valence-electron chi connectivity index (χ2n) is 4.30. The molecule has 4 N–H and O–H groups in total. The number of oxime groups is 1. The molecule has 0 aliphatic rings. The molecule has 1 aromatic heterocycles. The predicted octanol–water partition coefficient (Wildman–Crippen LogP) is -0.0720. The van der Waals surface area contributed by atoms with E-state index in [1.165, 1.54) is 7.11 Å². The van der Waals surface area contributed by atoms with Gasteiger partial charge in [-0.1, -0.05) is 5.16 Å². The predicted molar refractivity (Wildman–Crippen MR) is 72.6 cm³/mol. The number of ether oxygens (including phenoxy) is 1. The molecule has 0 amide bonds. The monoisotopic (exact) mass is 268 g/mol. The molecule has 0 aliphatic carbocycles. The second-order valence-corrected chi connectivity index (χ2v) is 4.30. The van der Waals surface area contributed by atoms with Crippen LogP contribution in [0.3, 0.4) is 0 Å². The third kappa shape index (κ3) is 4.08. The fourth-order valence-electron chi connectivity index (χ4n) is 1.74. The molecular weight excluding hydrogens is 248 g/mol. The number of anilines is 1. The van der Waals surface area contributed by atoms with Crippen molar-refractivity contribution in [2.24, 2.45) is 10.9 Å². The molecule has 7 heteroatoms. The number of nitrogens with two attached hydrogens (primary N) is 1. The standard InChI is InChI=1S/C12H20N4O3/c1-8-4-5-10(11(13)15-18)12(14-8)16(2)6-9(17)7-19-3/h4-5,9,17-18H,6-7H2,1-3H3,(H2,13,15). The molecule has 0 fully saturated rings. The average molecular weight is 268 g/mol. The summed E-state index contributed by atoms with van der Waals surface area (Å²) in [6, 6.07) is 3.50. The number of aliphatic hydroxyl groups excluding tert-OH is 1. The maximum atomic E-state index is 9.73. The Morgan fingerprint density at radius 1 is 1.58 bits per heavy atom. The molecule has 0 aromatic carbocycles. The zero-order valence-corrected chi connectivity index (χ0v) is 11.4. The van der Waals surface area contributed by atoms with Gasteiger partial charge < -0.3 is 25.7 Å². The summed E-state index contributed by atoms with van der Waals surface area (Å²) in [6.07, 6.45) is -0.641. The fraction of sp³-hybridized carbons (Fsp3) is 0.500. The average Bonchev–Trinajstić information content (AvgIpc) is 2.37. The zero-order chi connectivity index (χ0) is 14.4. The Hall–Kier alpha value is -1.86. The van der Waals surface area contributed by atoms with Crippen molar-refractivity contribution >= 4 is 11.7 Å². The summed E-state index contributed by atoms with van der Waals surface area (Å²) in [5, 5.41) is 21.5. The zero-order valence-electron chi connectivity index (χ0n) is 11.4. The Labute approximate surface area is 112 Å². The van der Waals surface area contributed by atoms with Crippen LogP contribution in [-0.2, 0) is 4.74 Å². The second kappa shape index (κ2) is 6.91. The van der Waals surface area contributed by atoms with E-state index in [1.807, 2.05) is 6.92 Å². The minimum Gasteiger partial charge on any atom is -0.409 e. The summed E-state index contributed by atoms with van der Waals surface area (Å²) in [5.74, 6) is 0.529. The summed E-state index contributed by atoms with van der Waals surface area (Å²) in [7, 11) is 3.30. The Bertz CT molecular complexity index is 451. The Morgan fingerprint density at radius 2 is 2.26 bits per heavy atom. The van der Waals surface area contributed by atoms with Gasteiger partial charge in [-0.2, -0.15) is 0 Å². The van der Waals surface area contributed by atoms with E-state index in [9.17, 15) is 5.11 Å². The number of rotatable bonds is 6. The summed E-state index contributed by atoms with van der Waals surface area (Å²) in [5.41, 5.74) is 6.94. The van der Waals surface area contributed by atoms with E-state index in [0.29, 0.717) is 17.9 Å². The van der Waals surface area contributed by atoms with E-state index in [2.05, 4.69) is 10.1 Å². The van der Waals surface area contributed by atoms with Crippen LogP contribution in [0.25, 0.3) is 0 Å². The molecule has 0 spiro atoms. The van der Waals surface area contributed by atoms with Crippen LogP contribution in [0.5, 0.6) is 0 Å². The van der Waals surface area contributed by atoms with Gasteiger partial charge in [0.2, 0.25) is 0 Å². The van der Waals surface area contributed by atoms with Crippen LogP contribution >= 0.6 is 0 Å². The molecule has 0 saturated heterocycles. The number of pyridine rings is 1. The maximum absolute atomic E-state index is 9.73. The Kier molecular flexibility index (Phi) is 5.53. The first-order valence-electron chi connectivity index (χ1n) is 5.83. The van der Waals surface area contributed by atoms with Gasteiger partial charge in [-0.05, 0) is 19.1 Å². The first kappa shape index (κ1) is 15.2. The van der Waals surface area contributed by atoms with Gasteiger partial charge in [0.1, 0.15) is 5.82 Å². The van der Waals surface area contributed by atoms with Crippen LogP contribution in [0.15, 0.2) is 17.3 Å². The van der Waals surface area contributed by atoms with Crippen LogP contribution in [-0.4, -0.2) is 54.5 Å². The van der Waals surface area contributed by atoms with Crippen LogP contribution in [0.1, 0.15) is 11.3 Å². The van der Waals surface area contributed by atoms with Gasteiger partial charge in [0.05, 0.1) is 18.3 Å².